The average Bonchev–Trinajstić information content (AvgIpc) is 2.48. The maximum atomic E-state index is 5.90. The van der Waals surface area contributed by atoms with E-state index in [1.54, 1.807) is 0 Å². The molecule has 0 radical (unpaired) electrons. The number of hydrogen-bond acceptors (Lipinski definition) is 3. The molecular formula is C17H28N2O. The number of hydrogen-bond donors (Lipinski definition) is 1. The lowest BCUT2D eigenvalue weighted by atomic mass is 10.1. The molecule has 0 amide bonds. The van der Waals surface area contributed by atoms with Crippen LogP contribution in [0.25, 0.3) is 0 Å². The van der Waals surface area contributed by atoms with Crippen LogP contribution in [-0.2, 0) is 17.8 Å². The van der Waals surface area contributed by atoms with Crippen LogP contribution < -0.4 is 5.32 Å². The molecule has 1 fully saturated rings. The molecule has 1 N–H and O–H groups in total. The van der Waals surface area contributed by atoms with Gasteiger partial charge in [0.05, 0.1) is 6.10 Å². The first-order chi connectivity index (χ1) is 9.81. The van der Waals surface area contributed by atoms with Gasteiger partial charge in [-0.2, -0.15) is 0 Å². The van der Waals surface area contributed by atoms with Crippen LogP contribution in [-0.4, -0.2) is 37.7 Å². The van der Waals surface area contributed by atoms with Gasteiger partial charge in [0, 0.05) is 26.2 Å². The molecule has 0 spiro atoms. The van der Waals surface area contributed by atoms with Crippen molar-refractivity contribution in [3.63, 3.8) is 0 Å². The Kier molecular flexibility index (Phi) is 6.51. The van der Waals surface area contributed by atoms with E-state index in [-0.39, 0.29) is 0 Å². The Morgan fingerprint density at radius 2 is 2.00 bits per heavy atom. The highest BCUT2D eigenvalue weighted by Crippen LogP contribution is 2.16. The van der Waals surface area contributed by atoms with Crippen molar-refractivity contribution < 1.29 is 4.74 Å². The minimum absolute atomic E-state index is 0.437. The second kappa shape index (κ2) is 8.40. The van der Waals surface area contributed by atoms with E-state index < -0.39 is 0 Å². The molecule has 2 rings (SSSR count). The zero-order valence-corrected chi connectivity index (χ0v) is 12.9. The van der Waals surface area contributed by atoms with Gasteiger partial charge in [0.25, 0.3) is 0 Å². The molecule has 0 aromatic heterocycles. The summed E-state index contributed by atoms with van der Waals surface area (Å²) in [6, 6.07) is 8.95. The molecule has 0 aliphatic carbocycles. The third kappa shape index (κ3) is 4.89. The molecule has 3 heteroatoms. The Hall–Kier alpha value is -0.900. The zero-order chi connectivity index (χ0) is 14.2. The summed E-state index contributed by atoms with van der Waals surface area (Å²) < 4.78 is 5.90. The Morgan fingerprint density at radius 1 is 1.25 bits per heavy atom. The first-order valence-electron chi connectivity index (χ1n) is 7.88. The van der Waals surface area contributed by atoms with Gasteiger partial charge in [-0.15, -0.1) is 0 Å². The summed E-state index contributed by atoms with van der Waals surface area (Å²) in [5.74, 6) is 0. The number of piperidine rings is 1. The van der Waals surface area contributed by atoms with E-state index >= 15 is 0 Å². The molecule has 3 nitrogen and oxygen atoms in total. The normalized spacial score (nSPS) is 20.2. The Bertz CT molecular complexity index is 377. The third-order valence-corrected chi connectivity index (χ3v) is 3.83. The average molecular weight is 276 g/mol. The topological polar surface area (TPSA) is 24.5 Å². The quantitative estimate of drug-likeness (QED) is 0.829. The summed E-state index contributed by atoms with van der Waals surface area (Å²) in [6.07, 6.45) is 4.03. The van der Waals surface area contributed by atoms with E-state index in [1.165, 1.54) is 30.5 Å². The maximum Gasteiger partial charge on any atom is 0.0702 e. The van der Waals surface area contributed by atoms with Gasteiger partial charge in [-0.25, -0.2) is 0 Å². The summed E-state index contributed by atoms with van der Waals surface area (Å²) in [7, 11) is 1.98. The van der Waals surface area contributed by atoms with Crippen LogP contribution in [0.3, 0.4) is 0 Å². The molecule has 1 aromatic rings. The van der Waals surface area contributed by atoms with Crippen LogP contribution in [0, 0.1) is 0 Å². The lowest BCUT2D eigenvalue weighted by molar-refractivity contribution is -0.00222. The van der Waals surface area contributed by atoms with Crippen LogP contribution in [0.15, 0.2) is 24.3 Å². The molecule has 1 heterocycles. The molecule has 1 atom stereocenters. The van der Waals surface area contributed by atoms with Gasteiger partial charge in [-0.3, -0.25) is 4.90 Å². The molecule has 1 aromatic carbocycles. The fourth-order valence-electron chi connectivity index (χ4n) is 2.80. The van der Waals surface area contributed by atoms with E-state index in [1.807, 2.05) is 7.05 Å². The largest absolute Gasteiger partial charge is 0.377 e. The van der Waals surface area contributed by atoms with E-state index in [0.29, 0.717) is 6.10 Å². The summed E-state index contributed by atoms with van der Waals surface area (Å²) in [6.45, 7) is 7.34. The monoisotopic (exact) mass is 276 g/mol. The maximum absolute atomic E-state index is 5.90. The van der Waals surface area contributed by atoms with E-state index in [2.05, 4.69) is 41.4 Å². The minimum atomic E-state index is 0.437. The molecule has 1 unspecified atom stereocenters. The standard InChI is InChI=1S/C17H28N2O/c1-3-11-20-17-5-4-10-19(14-17)13-16-8-6-15(7-9-16)12-18-2/h6-9,17-18H,3-5,10-14H2,1-2H3. The number of nitrogens with zero attached hydrogens (tertiary/aromatic N) is 1. The summed E-state index contributed by atoms with van der Waals surface area (Å²) in [5, 5.41) is 3.18. The molecule has 20 heavy (non-hydrogen) atoms. The van der Waals surface area contributed by atoms with Crippen LogP contribution in [0.4, 0.5) is 0 Å². The molecule has 1 saturated heterocycles. The predicted molar refractivity (Wildman–Crippen MR) is 83.7 cm³/mol. The fraction of sp³-hybridized carbons (Fsp3) is 0.647. The Balaban J connectivity index is 1.82. The highest BCUT2D eigenvalue weighted by Gasteiger charge is 2.20. The van der Waals surface area contributed by atoms with Gasteiger partial charge in [-0.05, 0) is 44.0 Å². The second-order valence-electron chi connectivity index (χ2n) is 5.72. The van der Waals surface area contributed by atoms with Crippen molar-refractivity contribution in [2.75, 3.05) is 26.7 Å². The van der Waals surface area contributed by atoms with Crippen molar-refractivity contribution >= 4 is 0 Å². The molecule has 112 valence electrons. The molecule has 0 bridgehead atoms. The third-order valence-electron chi connectivity index (χ3n) is 3.83. The van der Waals surface area contributed by atoms with Gasteiger partial charge < -0.3 is 10.1 Å². The lowest BCUT2D eigenvalue weighted by Gasteiger charge is -2.32. The van der Waals surface area contributed by atoms with E-state index in [9.17, 15) is 0 Å². The van der Waals surface area contributed by atoms with Crippen molar-refractivity contribution in [1.82, 2.24) is 10.2 Å². The van der Waals surface area contributed by atoms with Crippen LogP contribution in [0.2, 0.25) is 0 Å². The Morgan fingerprint density at radius 3 is 2.70 bits per heavy atom. The van der Waals surface area contributed by atoms with Gasteiger partial charge in [0.1, 0.15) is 0 Å². The summed E-state index contributed by atoms with van der Waals surface area (Å²) in [4.78, 5) is 2.52. The van der Waals surface area contributed by atoms with Crippen LogP contribution in [0.1, 0.15) is 37.3 Å². The fourth-order valence-corrected chi connectivity index (χ4v) is 2.80. The first kappa shape index (κ1) is 15.5. The molecule has 1 aliphatic heterocycles. The van der Waals surface area contributed by atoms with E-state index in [4.69, 9.17) is 4.74 Å². The number of ether oxygens (including phenoxy) is 1. The molecule has 1 aliphatic rings. The van der Waals surface area contributed by atoms with Gasteiger partial charge in [0.2, 0.25) is 0 Å². The van der Waals surface area contributed by atoms with Gasteiger partial charge in [-0.1, -0.05) is 31.2 Å². The van der Waals surface area contributed by atoms with Crippen molar-refractivity contribution in [2.45, 2.75) is 45.4 Å². The van der Waals surface area contributed by atoms with E-state index in [0.717, 1.165) is 32.7 Å². The molecular weight excluding hydrogens is 248 g/mol. The number of rotatable bonds is 7. The first-order valence-corrected chi connectivity index (χ1v) is 7.88. The predicted octanol–water partition coefficient (Wildman–Crippen LogP) is 2.80. The number of nitrogens with one attached hydrogen (secondary N) is 1. The summed E-state index contributed by atoms with van der Waals surface area (Å²) in [5.41, 5.74) is 2.75. The second-order valence-corrected chi connectivity index (χ2v) is 5.72. The van der Waals surface area contributed by atoms with Crippen molar-refractivity contribution in [3.8, 4) is 0 Å². The number of likely N-dealkylation sites (tertiary alicyclic amines) is 1. The number of benzene rings is 1. The van der Waals surface area contributed by atoms with Crippen LogP contribution in [0.5, 0.6) is 0 Å². The Labute approximate surface area is 123 Å². The van der Waals surface area contributed by atoms with Crippen molar-refractivity contribution in [2.24, 2.45) is 0 Å². The smallest absolute Gasteiger partial charge is 0.0702 e. The highest BCUT2D eigenvalue weighted by atomic mass is 16.5. The SMILES string of the molecule is CCCOC1CCCN(Cc2ccc(CNC)cc2)C1. The lowest BCUT2D eigenvalue weighted by Crippen LogP contribution is -2.39. The highest BCUT2D eigenvalue weighted by molar-refractivity contribution is 5.22. The van der Waals surface area contributed by atoms with Crippen molar-refractivity contribution in [3.05, 3.63) is 35.4 Å². The van der Waals surface area contributed by atoms with Crippen LogP contribution >= 0.6 is 0 Å². The molecule has 0 saturated carbocycles. The van der Waals surface area contributed by atoms with Crippen molar-refractivity contribution in [1.29, 1.82) is 0 Å². The van der Waals surface area contributed by atoms with Gasteiger partial charge >= 0.3 is 0 Å². The van der Waals surface area contributed by atoms with Gasteiger partial charge in [0.15, 0.2) is 0 Å². The zero-order valence-electron chi connectivity index (χ0n) is 12.9. The minimum Gasteiger partial charge on any atom is -0.377 e. The summed E-state index contributed by atoms with van der Waals surface area (Å²) >= 11 is 0.